The fourth-order valence-electron chi connectivity index (χ4n) is 4.32. The number of fused-ring (bicyclic) bond motifs is 1. The van der Waals surface area contributed by atoms with Crippen LogP contribution in [0.3, 0.4) is 0 Å². The van der Waals surface area contributed by atoms with Crippen molar-refractivity contribution in [1.29, 1.82) is 0 Å². The molecule has 1 aliphatic rings. The Morgan fingerprint density at radius 1 is 0.629 bits per heavy atom. The monoisotopic (exact) mass is 468 g/mol. The van der Waals surface area contributed by atoms with E-state index in [0.717, 1.165) is 17.8 Å². The molecule has 2 nitrogen and oxygen atoms in total. The van der Waals surface area contributed by atoms with E-state index in [-0.39, 0.29) is 0 Å². The quantitative estimate of drug-likeness (QED) is 0.296. The molecule has 1 aliphatic heterocycles. The van der Waals surface area contributed by atoms with E-state index in [0.29, 0.717) is 0 Å². The van der Waals surface area contributed by atoms with Crippen molar-refractivity contribution in [2.75, 3.05) is 13.1 Å². The van der Waals surface area contributed by atoms with Gasteiger partial charge in [-0.2, -0.15) is 0 Å². The van der Waals surface area contributed by atoms with E-state index in [4.69, 9.17) is 4.98 Å². The molecular formula is C33H44N2. The van der Waals surface area contributed by atoms with Crippen LogP contribution in [0.15, 0.2) is 84.9 Å². The predicted octanol–water partition coefficient (Wildman–Crippen LogP) is 9.63. The number of nitrogens with zero attached hydrogens (tertiary/aromatic N) is 2. The van der Waals surface area contributed by atoms with Crippen molar-refractivity contribution in [2.24, 2.45) is 0 Å². The van der Waals surface area contributed by atoms with Crippen LogP contribution in [0.2, 0.25) is 0 Å². The van der Waals surface area contributed by atoms with Crippen LogP contribution >= 0.6 is 0 Å². The standard InChI is InChI=1S/C27H26N2.3C2H6/c1-3-9-22(10-4-1)25-19-24-11-5-6-12-26(24)28-27(25)23-15-13-21(14-16-23)20-29-17-7-2-8-18-29;3*1-2/h1,3-6,9-16,19H,2,7-8,17-18,20H2;3*1-2H3. The topological polar surface area (TPSA) is 16.1 Å². The molecule has 35 heavy (non-hydrogen) atoms. The van der Waals surface area contributed by atoms with E-state index in [2.05, 4.69) is 89.8 Å². The maximum atomic E-state index is 5.06. The summed E-state index contributed by atoms with van der Waals surface area (Å²) in [5, 5.41) is 1.18. The third-order valence-electron chi connectivity index (χ3n) is 5.89. The molecule has 5 rings (SSSR count). The minimum Gasteiger partial charge on any atom is -0.299 e. The molecule has 0 saturated carbocycles. The van der Waals surface area contributed by atoms with Crippen LogP contribution < -0.4 is 0 Å². The Labute approximate surface area is 214 Å². The molecule has 1 aromatic heterocycles. The molecule has 3 aromatic carbocycles. The number of aromatic nitrogens is 1. The van der Waals surface area contributed by atoms with Gasteiger partial charge in [0.05, 0.1) is 11.2 Å². The number of likely N-dealkylation sites (tertiary alicyclic amines) is 1. The smallest absolute Gasteiger partial charge is 0.0788 e. The molecule has 0 bridgehead atoms. The lowest BCUT2D eigenvalue weighted by Gasteiger charge is -2.26. The summed E-state index contributed by atoms with van der Waals surface area (Å²) in [5.74, 6) is 0. The summed E-state index contributed by atoms with van der Waals surface area (Å²) in [6, 6.07) is 30.3. The average molecular weight is 469 g/mol. The van der Waals surface area contributed by atoms with Gasteiger partial charge in [-0.1, -0.05) is 121 Å². The molecule has 0 unspecified atom stereocenters. The Hall–Kier alpha value is -2.97. The first kappa shape index (κ1) is 28.3. The van der Waals surface area contributed by atoms with Gasteiger partial charge in [-0.15, -0.1) is 0 Å². The third-order valence-corrected chi connectivity index (χ3v) is 5.89. The summed E-state index contributed by atoms with van der Waals surface area (Å²) in [6.07, 6.45) is 4.05. The first-order valence-electron chi connectivity index (χ1n) is 13.6. The molecule has 0 radical (unpaired) electrons. The molecule has 0 aliphatic carbocycles. The predicted molar refractivity (Wildman–Crippen MR) is 156 cm³/mol. The zero-order chi connectivity index (χ0) is 25.5. The molecule has 0 N–H and O–H groups in total. The summed E-state index contributed by atoms with van der Waals surface area (Å²) in [7, 11) is 0. The Balaban J connectivity index is 0.000000671. The summed E-state index contributed by atoms with van der Waals surface area (Å²) < 4.78 is 0. The van der Waals surface area contributed by atoms with E-state index in [1.54, 1.807) is 0 Å². The molecule has 1 fully saturated rings. The second kappa shape index (κ2) is 15.8. The van der Waals surface area contributed by atoms with Crippen molar-refractivity contribution in [3.05, 3.63) is 90.5 Å². The largest absolute Gasteiger partial charge is 0.299 e. The molecular weight excluding hydrogens is 424 g/mol. The maximum Gasteiger partial charge on any atom is 0.0788 e. The molecule has 0 amide bonds. The van der Waals surface area contributed by atoms with Gasteiger partial charge in [0.1, 0.15) is 0 Å². The van der Waals surface area contributed by atoms with Crippen LogP contribution in [0.4, 0.5) is 0 Å². The lowest BCUT2D eigenvalue weighted by molar-refractivity contribution is 0.221. The fraction of sp³-hybridized carbons (Fsp3) is 0.364. The zero-order valence-electron chi connectivity index (χ0n) is 22.7. The number of para-hydroxylation sites is 1. The molecule has 1 saturated heterocycles. The van der Waals surface area contributed by atoms with E-state index in [1.165, 1.54) is 60.0 Å². The van der Waals surface area contributed by atoms with E-state index in [1.807, 2.05) is 41.5 Å². The summed E-state index contributed by atoms with van der Waals surface area (Å²) in [6.45, 7) is 15.5. The Kier molecular flexibility index (Phi) is 12.8. The first-order chi connectivity index (χ1) is 17.4. The minimum atomic E-state index is 1.04. The van der Waals surface area contributed by atoms with Crippen molar-refractivity contribution >= 4 is 10.9 Å². The van der Waals surface area contributed by atoms with E-state index < -0.39 is 0 Å². The molecule has 2 heterocycles. The first-order valence-corrected chi connectivity index (χ1v) is 13.6. The van der Waals surface area contributed by atoms with Crippen LogP contribution in [0, 0.1) is 0 Å². The van der Waals surface area contributed by atoms with Gasteiger partial charge in [0.2, 0.25) is 0 Å². The van der Waals surface area contributed by atoms with Crippen molar-refractivity contribution in [1.82, 2.24) is 9.88 Å². The summed E-state index contributed by atoms with van der Waals surface area (Å²) in [5.41, 5.74) is 7.06. The summed E-state index contributed by atoms with van der Waals surface area (Å²) >= 11 is 0. The lowest BCUT2D eigenvalue weighted by Crippen LogP contribution is -2.28. The number of rotatable bonds is 4. The van der Waals surface area contributed by atoms with E-state index in [9.17, 15) is 0 Å². The van der Waals surface area contributed by atoms with Gasteiger partial charge >= 0.3 is 0 Å². The third kappa shape index (κ3) is 7.77. The van der Waals surface area contributed by atoms with Crippen LogP contribution in [0.1, 0.15) is 66.4 Å². The second-order valence-corrected chi connectivity index (χ2v) is 7.98. The summed E-state index contributed by atoms with van der Waals surface area (Å²) in [4.78, 5) is 7.63. The normalized spacial score (nSPS) is 12.9. The van der Waals surface area contributed by atoms with Gasteiger partial charge in [0, 0.05) is 23.1 Å². The number of hydrogen-bond acceptors (Lipinski definition) is 2. The molecule has 0 atom stereocenters. The van der Waals surface area contributed by atoms with Crippen molar-refractivity contribution < 1.29 is 0 Å². The van der Waals surface area contributed by atoms with Crippen LogP contribution in [-0.4, -0.2) is 23.0 Å². The van der Waals surface area contributed by atoms with Crippen LogP contribution in [0.5, 0.6) is 0 Å². The fourth-order valence-corrected chi connectivity index (χ4v) is 4.32. The van der Waals surface area contributed by atoms with Crippen molar-refractivity contribution in [3.8, 4) is 22.4 Å². The second-order valence-electron chi connectivity index (χ2n) is 7.98. The highest BCUT2D eigenvalue weighted by atomic mass is 15.1. The van der Waals surface area contributed by atoms with E-state index >= 15 is 0 Å². The maximum absolute atomic E-state index is 5.06. The Morgan fingerprint density at radius 2 is 1.23 bits per heavy atom. The van der Waals surface area contributed by atoms with Crippen molar-refractivity contribution in [3.63, 3.8) is 0 Å². The van der Waals surface area contributed by atoms with Crippen LogP contribution in [0.25, 0.3) is 33.3 Å². The zero-order valence-corrected chi connectivity index (χ0v) is 22.7. The number of benzene rings is 3. The Morgan fingerprint density at radius 3 is 1.89 bits per heavy atom. The molecule has 0 spiro atoms. The van der Waals surface area contributed by atoms with Gasteiger partial charge < -0.3 is 0 Å². The minimum absolute atomic E-state index is 1.04. The molecule has 2 heteroatoms. The highest BCUT2D eigenvalue weighted by Crippen LogP contribution is 2.33. The van der Waals surface area contributed by atoms with Gasteiger partial charge in [-0.3, -0.25) is 4.90 Å². The lowest BCUT2D eigenvalue weighted by atomic mass is 9.97. The van der Waals surface area contributed by atoms with Gasteiger partial charge in [0.25, 0.3) is 0 Å². The molecule has 186 valence electrons. The molecule has 4 aromatic rings. The highest BCUT2D eigenvalue weighted by Gasteiger charge is 2.13. The number of piperidine rings is 1. The SMILES string of the molecule is CC.CC.CC.c1ccc(-c2cc3ccccc3nc2-c2ccc(CN3CCCCC3)cc2)cc1. The average Bonchev–Trinajstić information content (AvgIpc) is 2.97. The van der Waals surface area contributed by atoms with Gasteiger partial charge in [0.15, 0.2) is 0 Å². The number of pyridine rings is 1. The van der Waals surface area contributed by atoms with Crippen LogP contribution in [-0.2, 0) is 6.54 Å². The highest BCUT2D eigenvalue weighted by molar-refractivity contribution is 5.91. The van der Waals surface area contributed by atoms with Crippen molar-refractivity contribution in [2.45, 2.75) is 67.3 Å². The number of hydrogen-bond donors (Lipinski definition) is 0. The van der Waals surface area contributed by atoms with Gasteiger partial charge in [-0.25, -0.2) is 4.98 Å². The van der Waals surface area contributed by atoms with Gasteiger partial charge in [-0.05, 0) is 49.2 Å². The Bertz CT molecular complexity index is 1090.